The predicted molar refractivity (Wildman–Crippen MR) is 235 cm³/mol. The van der Waals surface area contributed by atoms with E-state index in [4.69, 9.17) is 0 Å². The lowest BCUT2D eigenvalue weighted by Gasteiger charge is -2.36. The highest BCUT2D eigenvalue weighted by Gasteiger charge is 2.44. The molecule has 1 fully saturated rings. The highest BCUT2D eigenvalue weighted by Crippen LogP contribution is 2.56. The maximum Gasteiger partial charge on any atom is 0.129 e. The SMILES string of the molecule is CN=C(NC(NCc1ccccc1)c1ccccc1)c1ccc(-c2cccc(-c3ccc(-c4ccc5c(c4)C4(CCCCC4)c4cc(C#N)ccc4-5)cc3)c2)cc1. The molecule has 0 amide bonds. The molecule has 0 aliphatic heterocycles. The number of fused-ring (bicyclic) bond motifs is 5. The summed E-state index contributed by atoms with van der Waals surface area (Å²) in [6.07, 6.45) is 5.92. The van der Waals surface area contributed by atoms with E-state index in [9.17, 15) is 5.26 Å². The van der Waals surface area contributed by atoms with Crippen LogP contribution in [0.2, 0.25) is 0 Å². The molecule has 1 unspecified atom stereocenters. The summed E-state index contributed by atoms with van der Waals surface area (Å²) in [5, 5.41) is 17.1. The molecule has 0 bridgehead atoms. The van der Waals surface area contributed by atoms with E-state index in [1.54, 1.807) is 0 Å². The fourth-order valence-corrected chi connectivity index (χ4v) is 9.12. The van der Waals surface area contributed by atoms with Crippen LogP contribution in [0.15, 0.2) is 175 Å². The van der Waals surface area contributed by atoms with Crippen LogP contribution in [0, 0.1) is 11.3 Å². The van der Waals surface area contributed by atoms with Crippen molar-refractivity contribution in [2.45, 2.75) is 50.2 Å². The topological polar surface area (TPSA) is 60.2 Å². The molecule has 9 rings (SSSR count). The number of hydrogen-bond donors (Lipinski definition) is 2. The highest BCUT2D eigenvalue weighted by atomic mass is 15.2. The van der Waals surface area contributed by atoms with E-state index in [-0.39, 0.29) is 11.6 Å². The summed E-state index contributed by atoms with van der Waals surface area (Å²) in [5.74, 6) is 0.833. The maximum absolute atomic E-state index is 9.72. The van der Waals surface area contributed by atoms with Gasteiger partial charge in [-0.25, -0.2) is 0 Å². The molecule has 1 atom stereocenters. The number of nitrogens with zero attached hydrogens (tertiary/aromatic N) is 2. The summed E-state index contributed by atoms with van der Waals surface area (Å²) in [6, 6.07) is 63.2. The van der Waals surface area contributed by atoms with Gasteiger partial charge in [-0.05, 0) is 104 Å². The van der Waals surface area contributed by atoms with Crippen molar-refractivity contribution in [3.05, 3.63) is 203 Å². The Morgan fingerprint density at radius 1 is 0.596 bits per heavy atom. The Balaban J connectivity index is 0.927. The van der Waals surface area contributed by atoms with Crippen LogP contribution in [0.4, 0.5) is 0 Å². The van der Waals surface area contributed by atoms with Gasteiger partial charge in [0.1, 0.15) is 12.0 Å². The molecular formula is C53H46N4. The second-order valence-electron chi connectivity index (χ2n) is 15.4. The average Bonchev–Trinajstić information content (AvgIpc) is 3.54. The quantitative estimate of drug-likeness (QED) is 0.0881. The number of rotatable bonds is 9. The summed E-state index contributed by atoms with van der Waals surface area (Å²) < 4.78 is 0. The highest BCUT2D eigenvalue weighted by molar-refractivity contribution is 5.99. The minimum absolute atomic E-state index is 0.0100. The molecule has 7 aromatic rings. The summed E-state index contributed by atoms with van der Waals surface area (Å²) in [7, 11) is 1.84. The first-order valence-electron chi connectivity index (χ1n) is 20.2. The van der Waals surface area contributed by atoms with Gasteiger partial charge in [0, 0.05) is 24.6 Å². The van der Waals surface area contributed by atoms with Gasteiger partial charge in [0.05, 0.1) is 11.6 Å². The fraction of sp³-hybridized carbons (Fsp3) is 0.170. The van der Waals surface area contributed by atoms with Crippen LogP contribution in [0.3, 0.4) is 0 Å². The first kappa shape index (κ1) is 36.1. The molecule has 7 aromatic carbocycles. The molecule has 2 N–H and O–H groups in total. The number of nitrogens with one attached hydrogen (secondary N) is 2. The lowest BCUT2D eigenvalue weighted by atomic mass is 9.67. The Labute approximate surface area is 336 Å². The van der Waals surface area contributed by atoms with Crippen LogP contribution in [-0.4, -0.2) is 12.9 Å². The van der Waals surface area contributed by atoms with Crippen molar-refractivity contribution >= 4 is 5.84 Å². The van der Waals surface area contributed by atoms with Crippen LogP contribution in [0.25, 0.3) is 44.5 Å². The lowest BCUT2D eigenvalue weighted by molar-refractivity contribution is 0.353. The van der Waals surface area contributed by atoms with Crippen LogP contribution in [0.1, 0.15) is 71.7 Å². The molecule has 1 saturated carbocycles. The predicted octanol–water partition coefficient (Wildman–Crippen LogP) is 12.2. The van der Waals surface area contributed by atoms with Crippen molar-refractivity contribution < 1.29 is 0 Å². The molecule has 0 saturated heterocycles. The summed E-state index contributed by atoms with van der Waals surface area (Å²) in [6.45, 7) is 0.734. The molecular weight excluding hydrogens is 693 g/mol. The van der Waals surface area contributed by atoms with Crippen LogP contribution in [0.5, 0.6) is 0 Å². The minimum Gasteiger partial charge on any atom is -0.351 e. The van der Waals surface area contributed by atoms with E-state index in [0.717, 1.165) is 47.5 Å². The average molecular weight is 739 g/mol. The van der Waals surface area contributed by atoms with Crippen molar-refractivity contribution in [2.24, 2.45) is 4.99 Å². The van der Waals surface area contributed by atoms with Gasteiger partial charge >= 0.3 is 0 Å². The largest absolute Gasteiger partial charge is 0.351 e. The smallest absolute Gasteiger partial charge is 0.129 e. The molecule has 0 heterocycles. The molecule has 0 radical (unpaired) electrons. The van der Waals surface area contributed by atoms with E-state index in [1.807, 2.05) is 25.2 Å². The van der Waals surface area contributed by atoms with Crippen LogP contribution in [-0.2, 0) is 12.0 Å². The lowest BCUT2D eigenvalue weighted by Crippen LogP contribution is -2.38. The van der Waals surface area contributed by atoms with Crippen molar-refractivity contribution in [1.29, 1.82) is 5.26 Å². The number of amidine groups is 1. The molecule has 4 heteroatoms. The second-order valence-corrected chi connectivity index (χ2v) is 15.4. The Kier molecular flexibility index (Phi) is 10.1. The van der Waals surface area contributed by atoms with Gasteiger partial charge in [0.25, 0.3) is 0 Å². The third-order valence-corrected chi connectivity index (χ3v) is 12.1. The summed E-state index contributed by atoms with van der Waals surface area (Å²) in [4.78, 5) is 4.67. The standard InChI is InChI=1S/C53H46N4/c1-55-51(57-52(42-14-7-3-8-15-42)56-36-37-12-5-2-6-13-37)43-25-23-40(24-26-43)45-17-11-16-44(33-45)39-19-21-41(22-20-39)46-27-29-48-47-28-18-38(35-54)32-49(47)53(50(48)34-46)30-9-4-10-31-53/h2-3,5-8,11-29,32-34,52,56H,4,9-10,30-31,36H2,1H3,(H,55,57). The minimum atomic E-state index is -0.111. The zero-order chi connectivity index (χ0) is 38.6. The fourth-order valence-electron chi connectivity index (χ4n) is 9.12. The van der Waals surface area contributed by atoms with Gasteiger partial charge in [0.2, 0.25) is 0 Å². The van der Waals surface area contributed by atoms with Crippen molar-refractivity contribution in [3.63, 3.8) is 0 Å². The Morgan fingerprint density at radius 2 is 1.16 bits per heavy atom. The third kappa shape index (κ3) is 7.19. The van der Waals surface area contributed by atoms with Crippen molar-refractivity contribution in [3.8, 4) is 50.6 Å². The molecule has 278 valence electrons. The Morgan fingerprint density at radius 3 is 1.79 bits per heavy atom. The van der Waals surface area contributed by atoms with Gasteiger partial charge in [-0.15, -0.1) is 0 Å². The van der Waals surface area contributed by atoms with Crippen molar-refractivity contribution in [1.82, 2.24) is 10.6 Å². The van der Waals surface area contributed by atoms with Gasteiger partial charge in [-0.1, -0.05) is 165 Å². The number of nitriles is 1. The molecule has 0 aromatic heterocycles. The Hall–Kier alpha value is -6.54. The Bertz CT molecular complexity index is 2580. The van der Waals surface area contributed by atoms with E-state index in [2.05, 4.69) is 173 Å². The first-order valence-corrected chi connectivity index (χ1v) is 20.2. The van der Waals surface area contributed by atoms with E-state index in [1.165, 1.54) is 74.9 Å². The summed E-state index contributed by atoms with van der Waals surface area (Å²) in [5.41, 5.74) is 16.8. The number of benzene rings is 7. The van der Waals surface area contributed by atoms with E-state index in [0.29, 0.717) is 0 Å². The molecule has 1 spiro atoms. The van der Waals surface area contributed by atoms with E-state index < -0.39 is 0 Å². The second kappa shape index (κ2) is 15.9. The van der Waals surface area contributed by atoms with Crippen molar-refractivity contribution in [2.75, 3.05) is 7.05 Å². The van der Waals surface area contributed by atoms with Gasteiger partial charge in [-0.2, -0.15) is 5.26 Å². The van der Waals surface area contributed by atoms with Crippen LogP contribution >= 0.6 is 0 Å². The zero-order valence-corrected chi connectivity index (χ0v) is 32.4. The molecule has 2 aliphatic rings. The van der Waals surface area contributed by atoms with Crippen LogP contribution < -0.4 is 10.6 Å². The maximum atomic E-state index is 9.72. The van der Waals surface area contributed by atoms with E-state index >= 15 is 0 Å². The molecule has 2 aliphatic carbocycles. The summed E-state index contributed by atoms with van der Waals surface area (Å²) >= 11 is 0. The molecule has 4 nitrogen and oxygen atoms in total. The monoisotopic (exact) mass is 738 g/mol. The van der Waals surface area contributed by atoms with Gasteiger partial charge in [-0.3, -0.25) is 10.3 Å². The van der Waals surface area contributed by atoms with Gasteiger partial charge in [0.15, 0.2) is 0 Å². The third-order valence-electron chi connectivity index (χ3n) is 12.1. The normalized spacial score (nSPS) is 14.7. The first-order chi connectivity index (χ1) is 28.1. The van der Waals surface area contributed by atoms with Gasteiger partial charge < -0.3 is 5.32 Å². The number of aliphatic imine (C=N–C) groups is 1. The number of hydrogen-bond acceptors (Lipinski definition) is 3. The molecule has 57 heavy (non-hydrogen) atoms. The zero-order valence-electron chi connectivity index (χ0n) is 32.4.